The molecule has 1 fully saturated rings. The van der Waals surface area contributed by atoms with E-state index in [2.05, 4.69) is 4.74 Å². The van der Waals surface area contributed by atoms with Crippen molar-refractivity contribution in [3.8, 4) is 5.75 Å². The number of ether oxygens (including phenoxy) is 1. The first-order valence-corrected chi connectivity index (χ1v) is 11.5. The molecule has 1 unspecified atom stereocenters. The van der Waals surface area contributed by atoms with Crippen LogP contribution in [-0.4, -0.2) is 55.4 Å². The van der Waals surface area contributed by atoms with Gasteiger partial charge in [-0.05, 0) is 51.1 Å². The first-order valence-electron chi connectivity index (χ1n) is 9.70. The van der Waals surface area contributed by atoms with E-state index < -0.39 is 16.4 Å². The number of carbonyl (C=O) groups is 1. The Morgan fingerprint density at radius 2 is 1.93 bits per heavy atom. The van der Waals surface area contributed by atoms with Gasteiger partial charge in [-0.3, -0.25) is 9.69 Å². The van der Waals surface area contributed by atoms with E-state index in [1.807, 2.05) is 36.4 Å². The molecule has 9 heteroatoms. The Morgan fingerprint density at radius 3 is 2.50 bits per heavy atom. The van der Waals surface area contributed by atoms with E-state index >= 15 is 0 Å². The molecule has 0 N–H and O–H groups in total. The second-order valence-electron chi connectivity index (χ2n) is 7.83. The van der Waals surface area contributed by atoms with Crippen molar-refractivity contribution in [2.24, 2.45) is 0 Å². The first-order chi connectivity index (χ1) is 14.1. The molecule has 0 amide bonds. The maximum Gasteiger partial charge on any atom is 0.387 e. The number of carbonyl (C=O) groups excluding carboxylic acids is 1. The molecule has 0 bridgehead atoms. The van der Waals surface area contributed by atoms with Gasteiger partial charge in [0.15, 0.2) is 15.6 Å². The van der Waals surface area contributed by atoms with Gasteiger partial charge < -0.3 is 9.30 Å². The van der Waals surface area contributed by atoms with Crippen LogP contribution in [0.5, 0.6) is 5.75 Å². The molecular weight excluding hydrogens is 414 g/mol. The molecule has 1 aliphatic rings. The zero-order chi connectivity index (χ0) is 22.1. The Labute approximate surface area is 175 Å². The van der Waals surface area contributed by atoms with Gasteiger partial charge in [0.2, 0.25) is 0 Å². The summed E-state index contributed by atoms with van der Waals surface area (Å²) in [5, 5.41) is 0. The summed E-state index contributed by atoms with van der Waals surface area (Å²) in [6, 6.07) is 8.02. The molecule has 6 nitrogen and oxygen atoms in total. The van der Waals surface area contributed by atoms with E-state index in [0.29, 0.717) is 18.5 Å². The number of alkyl halides is 2. The summed E-state index contributed by atoms with van der Waals surface area (Å²) >= 11 is 0. The number of benzene rings is 1. The summed E-state index contributed by atoms with van der Waals surface area (Å²) in [7, 11) is -1.21. The minimum Gasteiger partial charge on any atom is -0.435 e. The van der Waals surface area contributed by atoms with Crippen LogP contribution < -0.4 is 4.74 Å². The van der Waals surface area contributed by atoms with Crippen LogP contribution in [0.4, 0.5) is 8.78 Å². The summed E-state index contributed by atoms with van der Waals surface area (Å²) < 4.78 is 54.5. The molecule has 1 aliphatic heterocycles. The second-order valence-corrected chi connectivity index (χ2v) is 10.1. The van der Waals surface area contributed by atoms with E-state index in [9.17, 15) is 22.0 Å². The molecule has 30 heavy (non-hydrogen) atoms. The molecule has 0 radical (unpaired) electrons. The predicted molar refractivity (Wildman–Crippen MR) is 110 cm³/mol. The monoisotopic (exact) mass is 440 g/mol. The van der Waals surface area contributed by atoms with Crippen molar-refractivity contribution in [3.05, 3.63) is 52.8 Å². The lowest BCUT2D eigenvalue weighted by molar-refractivity contribution is -0.0498. The number of aryl methyl sites for hydroxylation is 1. The van der Waals surface area contributed by atoms with E-state index in [0.717, 1.165) is 17.0 Å². The number of rotatable bonds is 8. The lowest BCUT2D eigenvalue weighted by atomic mass is 10.1. The Balaban J connectivity index is 1.65. The van der Waals surface area contributed by atoms with Gasteiger partial charge in [-0.1, -0.05) is 12.1 Å². The molecule has 3 rings (SSSR count). The van der Waals surface area contributed by atoms with E-state index in [1.165, 1.54) is 12.1 Å². The van der Waals surface area contributed by atoms with Gasteiger partial charge in [-0.15, -0.1) is 0 Å². The van der Waals surface area contributed by atoms with Crippen LogP contribution >= 0.6 is 0 Å². The normalized spacial score (nSPS) is 18.3. The van der Waals surface area contributed by atoms with Gasteiger partial charge in [0.25, 0.3) is 0 Å². The van der Waals surface area contributed by atoms with E-state index in [4.69, 9.17) is 0 Å². The van der Waals surface area contributed by atoms with Crippen LogP contribution in [0.3, 0.4) is 0 Å². The third-order valence-electron chi connectivity index (χ3n) is 5.37. The number of ketones is 1. The van der Waals surface area contributed by atoms with E-state index in [-0.39, 0.29) is 35.6 Å². The Bertz CT molecular complexity index is 1020. The lowest BCUT2D eigenvalue weighted by Crippen LogP contribution is -2.26. The molecule has 1 aromatic heterocycles. The first kappa shape index (κ1) is 22.4. The fourth-order valence-electron chi connectivity index (χ4n) is 4.07. The van der Waals surface area contributed by atoms with Crippen molar-refractivity contribution in [1.82, 2.24) is 9.47 Å². The van der Waals surface area contributed by atoms with Crippen molar-refractivity contribution in [3.63, 3.8) is 0 Å². The van der Waals surface area contributed by atoms with Crippen molar-refractivity contribution in [2.45, 2.75) is 39.5 Å². The van der Waals surface area contributed by atoms with Gasteiger partial charge in [-0.2, -0.15) is 8.78 Å². The van der Waals surface area contributed by atoms with Crippen LogP contribution in [0.15, 0.2) is 30.3 Å². The van der Waals surface area contributed by atoms with Gasteiger partial charge in [0, 0.05) is 29.5 Å². The molecule has 0 aliphatic carbocycles. The molecule has 164 valence electrons. The van der Waals surface area contributed by atoms with Crippen LogP contribution in [0.1, 0.15) is 39.8 Å². The predicted octanol–water partition coefficient (Wildman–Crippen LogP) is 3.38. The van der Waals surface area contributed by atoms with Gasteiger partial charge in [0.05, 0.1) is 18.1 Å². The topological polar surface area (TPSA) is 68.6 Å². The summed E-state index contributed by atoms with van der Waals surface area (Å²) in [5.74, 6) is 0.341. The molecular formula is C21H26F2N2O4S. The molecule has 1 saturated heterocycles. The Morgan fingerprint density at radius 1 is 1.27 bits per heavy atom. The zero-order valence-corrected chi connectivity index (χ0v) is 18.1. The SMILES string of the molecule is Cc1cc(C(=O)CN(C)Cc2ccc(OC(F)F)cc2)c(C)n1C1CCS(=O)(=O)C1. The van der Waals surface area contributed by atoms with Crippen molar-refractivity contribution in [2.75, 3.05) is 25.1 Å². The van der Waals surface area contributed by atoms with E-state index in [1.54, 1.807) is 12.1 Å². The number of likely N-dealkylation sites (N-methyl/N-ethyl adjacent to an activating group) is 1. The average Bonchev–Trinajstić information content (AvgIpc) is 3.14. The number of hydrogen-bond donors (Lipinski definition) is 0. The molecule has 1 aromatic carbocycles. The molecule has 0 saturated carbocycles. The highest BCUT2D eigenvalue weighted by atomic mass is 32.2. The quantitative estimate of drug-likeness (QED) is 0.589. The Kier molecular flexibility index (Phi) is 6.62. The number of nitrogens with zero attached hydrogens (tertiary/aromatic N) is 2. The number of sulfone groups is 1. The summed E-state index contributed by atoms with van der Waals surface area (Å²) in [4.78, 5) is 14.7. The number of halogens is 2. The number of aromatic nitrogens is 1. The molecule has 2 heterocycles. The summed E-state index contributed by atoms with van der Waals surface area (Å²) in [5.41, 5.74) is 3.15. The highest BCUT2D eigenvalue weighted by molar-refractivity contribution is 7.91. The molecule has 1 atom stereocenters. The van der Waals surface area contributed by atoms with Crippen molar-refractivity contribution in [1.29, 1.82) is 0 Å². The third-order valence-corrected chi connectivity index (χ3v) is 7.12. The minimum absolute atomic E-state index is 0.0460. The largest absolute Gasteiger partial charge is 0.435 e. The fourth-order valence-corrected chi connectivity index (χ4v) is 5.77. The van der Waals surface area contributed by atoms with Crippen molar-refractivity contribution >= 4 is 15.6 Å². The minimum atomic E-state index is -3.02. The third kappa shape index (κ3) is 5.26. The molecule has 0 spiro atoms. The van der Waals surface area contributed by atoms with Crippen LogP contribution in [0.2, 0.25) is 0 Å². The van der Waals surface area contributed by atoms with Gasteiger partial charge >= 0.3 is 6.61 Å². The number of hydrogen-bond acceptors (Lipinski definition) is 5. The maximum absolute atomic E-state index is 12.9. The zero-order valence-electron chi connectivity index (χ0n) is 17.3. The smallest absolute Gasteiger partial charge is 0.387 e. The lowest BCUT2D eigenvalue weighted by Gasteiger charge is -2.18. The van der Waals surface area contributed by atoms with Crippen molar-refractivity contribution < 1.29 is 26.7 Å². The fraction of sp³-hybridized carbons (Fsp3) is 0.476. The maximum atomic E-state index is 12.9. The van der Waals surface area contributed by atoms with Gasteiger partial charge in [0.1, 0.15) is 5.75 Å². The standard InChI is InChI=1S/C21H26F2N2O4S/c1-14-10-19(15(2)25(14)17-8-9-30(27,28)13-17)20(26)12-24(3)11-16-4-6-18(7-5-16)29-21(22)23/h4-7,10,17,21H,8-9,11-13H2,1-3H3. The highest BCUT2D eigenvalue weighted by Crippen LogP contribution is 2.29. The summed E-state index contributed by atoms with van der Waals surface area (Å²) in [6.07, 6.45) is 0.567. The van der Waals surface area contributed by atoms with Crippen LogP contribution in [-0.2, 0) is 16.4 Å². The Hall–Kier alpha value is -2.26. The second kappa shape index (κ2) is 8.85. The highest BCUT2D eigenvalue weighted by Gasteiger charge is 2.31. The molecule has 2 aromatic rings. The number of Topliss-reactive ketones (excluding diaryl/α,β-unsaturated/α-hetero) is 1. The van der Waals surface area contributed by atoms with Gasteiger partial charge in [-0.25, -0.2) is 8.42 Å². The average molecular weight is 441 g/mol. The summed E-state index contributed by atoms with van der Waals surface area (Å²) in [6.45, 7) is 1.54. The van der Waals surface area contributed by atoms with Crippen LogP contribution in [0.25, 0.3) is 0 Å². The van der Waals surface area contributed by atoms with Crippen LogP contribution in [0, 0.1) is 13.8 Å².